The molecule has 2 aromatic rings. The molecule has 0 radical (unpaired) electrons. The van der Waals surface area contributed by atoms with E-state index in [9.17, 15) is 0 Å². The minimum absolute atomic E-state index is 0.344. The lowest BCUT2D eigenvalue weighted by molar-refractivity contribution is 0.221. The summed E-state index contributed by atoms with van der Waals surface area (Å²) >= 11 is 0. The Kier molecular flexibility index (Phi) is 5.37. The molecule has 2 aromatic carbocycles. The molecule has 4 rings (SSSR count). The van der Waals surface area contributed by atoms with Crippen LogP contribution < -0.4 is 20.1 Å². The van der Waals surface area contributed by atoms with Gasteiger partial charge in [0.25, 0.3) is 0 Å². The monoisotopic (exact) mass is 366 g/mol. The van der Waals surface area contributed by atoms with Crippen molar-refractivity contribution in [2.75, 3.05) is 14.2 Å². The molecule has 4 heteroatoms. The van der Waals surface area contributed by atoms with Gasteiger partial charge in [-0.2, -0.15) is 0 Å². The van der Waals surface area contributed by atoms with Crippen LogP contribution in [0.5, 0.6) is 11.5 Å². The van der Waals surface area contributed by atoms with Crippen molar-refractivity contribution in [2.45, 2.75) is 44.4 Å². The summed E-state index contributed by atoms with van der Waals surface area (Å²) < 4.78 is 11.0. The standard InChI is InChI=1S/C23H30N2O2/c1-15-11-17-13-20(15)25-23(16-7-5-4-6-8-16)22(17)24-14-18-12-19(26-2)9-10-21(18)27-3/h4-10,12,15,17,20,22-25H,11,13-14H2,1-3H3. The molecule has 2 N–H and O–H groups in total. The minimum atomic E-state index is 0.344. The average molecular weight is 367 g/mol. The Morgan fingerprint density at radius 2 is 1.85 bits per heavy atom. The molecule has 1 aliphatic carbocycles. The van der Waals surface area contributed by atoms with Crippen molar-refractivity contribution in [3.8, 4) is 11.5 Å². The highest BCUT2D eigenvalue weighted by molar-refractivity contribution is 5.40. The highest BCUT2D eigenvalue weighted by Gasteiger charge is 2.45. The van der Waals surface area contributed by atoms with Crippen molar-refractivity contribution in [3.05, 3.63) is 59.7 Å². The Bertz CT molecular complexity index is 762. The van der Waals surface area contributed by atoms with Crippen LogP contribution >= 0.6 is 0 Å². The first-order valence-electron chi connectivity index (χ1n) is 9.95. The highest BCUT2D eigenvalue weighted by atomic mass is 16.5. The van der Waals surface area contributed by atoms with Gasteiger partial charge in [-0.05, 0) is 48.4 Å². The molecule has 1 saturated carbocycles. The number of rotatable bonds is 6. The number of hydrogen-bond acceptors (Lipinski definition) is 4. The van der Waals surface area contributed by atoms with E-state index in [4.69, 9.17) is 9.47 Å². The van der Waals surface area contributed by atoms with E-state index in [2.05, 4.69) is 54.0 Å². The first-order valence-corrected chi connectivity index (χ1v) is 9.95. The Hall–Kier alpha value is -2.04. The lowest BCUT2D eigenvalue weighted by Gasteiger charge is -2.39. The lowest BCUT2D eigenvalue weighted by atomic mass is 9.84. The highest BCUT2D eigenvalue weighted by Crippen LogP contribution is 2.43. The van der Waals surface area contributed by atoms with Crippen LogP contribution in [0, 0.1) is 11.8 Å². The average Bonchev–Trinajstić information content (AvgIpc) is 3.02. The number of fused-ring (bicyclic) bond motifs is 2. The number of nitrogens with one attached hydrogen (secondary N) is 2. The van der Waals surface area contributed by atoms with E-state index in [-0.39, 0.29) is 0 Å². The van der Waals surface area contributed by atoms with Gasteiger partial charge in [-0.1, -0.05) is 37.3 Å². The summed E-state index contributed by atoms with van der Waals surface area (Å²) in [5, 5.41) is 7.79. The van der Waals surface area contributed by atoms with Gasteiger partial charge in [0.05, 0.1) is 14.2 Å². The van der Waals surface area contributed by atoms with Gasteiger partial charge in [-0.25, -0.2) is 0 Å². The number of hydrogen-bond donors (Lipinski definition) is 2. The normalized spacial score (nSPS) is 29.5. The van der Waals surface area contributed by atoms with Gasteiger partial charge < -0.3 is 20.1 Å². The third kappa shape index (κ3) is 3.69. The van der Waals surface area contributed by atoms with Crippen molar-refractivity contribution in [3.63, 3.8) is 0 Å². The number of benzene rings is 2. The van der Waals surface area contributed by atoms with Crippen LogP contribution in [-0.4, -0.2) is 26.3 Å². The smallest absolute Gasteiger partial charge is 0.123 e. The predicted molar refractivity (Wildman–Crippen MR) is 108 cm³/mol. The second-order valence-corrected chi connectivity index (χ2v) is 7.95. The van der Waals surface area contributed by atoms with Gasteiger partial charge >= 0.3 is 0 Å². The van der Waals surface area contributed by atoms with E-state index >= 15 is 0 Å². The Morgan fingerprint density at radius 3 is 2.59 bits per heavy atom. The molecule has 4 nitrogen and oxygen atoms in total. The van der Waals surface area contributed by atoms with Gasteiger partial charge in [0.2, 0.25) is 0 Å². The molecule has 0 spiro atoms. The third-order valence-corrected chi connectivity index (χ3v) is 6.35. The maximum absolute atomic E-state index is 5.56. The number of ether oxygens (including phenoxy) is 2. The summed E-state index contributed by atoms with van der Waals surface area (Å²) in [6.45, 7) is 3.15. The molecule has 2 aliphatic rings. The molecule has 1 saturated heterocycles. The second-order valence-electron chi connectivity index (χ2n) is 7.95. The molecule has 1 heterocycles. The van der Waals surface area contributed by atoms with Crippen molar-refractivity contribution in [1.29, 1.82) is 0 Å². The van der Waals surface area contributed by atoms with Crippen LogP contribution in [0.2, 0.25) is 0 Å². The Morgan fingerprint density at radius 1 is 1.04 bits per heavy atom. The molecule has 5 atom stereocenters. The lowest BCUT2D eigenvalue weighted by Crippen LogP contribution is -2.51. The zero-order valence-electron chi connectivity index (χ0n) is 16.4. The van der Waals surface area contributed by atoms with Crippen molar-refractivity contribution < 1.29 is 9.47 Å². The fraction of sp³-hybridized carbons (Fsp3) is 0.478. The van der Waals surface area contributed by atoms with E-state index in [1.807, 2.05) is 12.1 Å². The maximum atomic E-state index is 5.56. The topological polar surface area (TPSA) is 42.5 Å². The van der Waals surface area contributed by atoms with Gasteiger partial charge in [-0.15, -0.1) is 0 Å². The van der Waals surface area contributed by atoms with Crippen molar-refractivity contribution in [2.24, 2.45) is 11.8 Å². The van der Waals surface area contributed by atoms with E-state index in [1.54, 1.807) is 14.2 Å². The summed E-state index contributed by atoms with van der Waals surface area (Å²) in [5.41, 5.74) is 2.51. The molecular formula is C23H30N2O2. The van der Waals surface area contributed by atoms with E-state index < -0.39 is 0 Å². The third-order valence-electron chi connectivity index (χ3n) is 6.35. The predicted octanol–water partition coefficient (Wildman–Crippen LogP) is 3.92. The van der Waals surface area contributed by atoms with Crippen LogP contribution in [0.3, 0.4) is 0 Å². The summed E-state index contributed by atoms with van der Waals surface area (Å²) in [5.74, 6) is 3.21. The molecule has 1 aliphatic heterocycles. The Balaban J connectivity index is 1.57. The fourth-order valence-electron chi connectivity index (χ4n) is 4.92. The van der Waals surface area contributed by atoms with E-state index in [0.717, 1.165) is 29.5 Å². The summed E-state index contributed by atoms with van der Waals surface area (Å²) in [7, 11) is 3.43. The van der Waals surface area contributed by atoms with Crippen LogP contribution in [0.25, 0.3) is 0 Å². The molecule has 5 unspecified atom stereocenters. The van der Waals surface area contributed by atoms with E-state index in [1.165, 1.54) is 18.4 Å². The van der Waals surface area contributed by atoms with Gasteiger partial charge in [-0.3, -0.25) is 0 Å². The van der Waals surface area contributed by atoms with Gasteiger partial charge in [0.1, 0.15) is 11.5 Å². The first-order chi connectivity index (χ1) is 13.2. The first kappa shape index (κ1) is 18.3. The molecule has 0 aromatic heterocycles. The van der Waals surface area contributed by atoms with Gasteiger partial charge in [0, 0.05) is 30.2 Å². The van der Waals surface area contributed by atoms with E-state index in [0.29, 0.717) is 24.0 Å². The summed E-state index contributed by atoms with van der Waals surface area (Å²) in [6, 6.07) is 18.2. The quantitative estimate of drug-likeness (QED) is 0.813. The van der Waals surface area contributed by atoms with Crippen molar-refractivity contribution in [1.82, 2.24) is 10.6 Å². The molecular weight excluding hydrogens is 336 g/mol. The largest absolute Gasteiger partial charge is 0.497 e. The van der Waals surface area contributed by atoms with Gasteiger partial charge in [0.15, 0.2) is 0 Å². The molecule has 0 amide bonds. The number of methoxy groups -OCH3 is 2. The maximum Gasteiger partial charge on any atom is 0.123 e. The zero-order valence-corrected chi connectivity index (χ0v) is 16.4. The summed E-state index contributed by atoms with van der Waals surface area (Å²) in [6.07, 6.45) is 2.55. The van der Waals surface area contributed by atoms with Crippen LogP contribution in [-0.2, 0) is 6.54 Å². The van der Waals surface area contributed by atoms with Crippen LogP contribution in [0.15, 0.2) is 48.5 Å². The molecule has 2 bridgehead atoms. The minimum Gasteiger partial charge on any atom is -0.497 e. The SMILES string of the molecule is COc1ccc(OC)c(CNC2C3CC(C)C(C3)NC2c2ccccc2)c1. The van der Waals surface area contributed by atoms with Crippen LogP contribution in [0.1, 0.15) is 36.9 Å². The zero-order chi connectivity index (χ0) is 18.8. The fourth-order valence-corrected chi connectivity index (χ4v) is 4.92. The molecule has 27 heavy (non-hydrogen) atoms. The Labute approximate surface area is 162 Å². The van der Waals surface area contributed by atoms with Crippen molar-refractivity contribution >= 4 is 0 Å². The number of piperidine rings is 1. The molecule has 2 fully saturated rings. The molecule has 144 valence electrons. The van der Waals surface area contributed by atoms with Crippen LogP contribution in [0.4, 0.5) is 0 Å². The summed E-state index contributed by atoms with van der Waals surface area (Å²) in [4.78, 5) is 0. The second kappa shape index (κ2) is 7.91.